The molecule has 0 unspecified atom stereocenters. The van der Waals surface area contributed by atoms with E-state index in [4.69, 9.17) is 0 Å². The highest BCUT2D eigenvalue weighted by molar-refractivity contribution is 7.89. The maximum atomic E-state index is 12.4. The lowest BCUT2D eigenvalue weighted by molar-refractivity contribution is -0.255. The minimum Gasteiger partial charge on any atom is -0.545 e. The van der Waals surface area contributed by atoms with E-state index in [0.717, 1.165) is 18.9 Å². The van der Waals surface area contributed by atoms with Gasteiger partial charge in [0.1, 0.15) is 0 Å². The Kier molecular flexibility index (Phi) is 3.91. The molecule has 1 aliphatic rings. The normalized spacial score (nSPS) is 21.2. The van der Waals surface area contributed by atoms with Crippen LogP contribution in [-0.2, 0) is 10.0 Å². The van der Waals surface area contributed by atoms with Gasteiger partial charge >= 0.3 is 0 Å². The number of hydrogen-bond acceptors (Lipinski definition) is 4. The third kappa shape index (κ3) is 2.96. The Morgan fingerprint density at radius 3 is 2.79 bits per heavy atom. The van der Waals surface area contributed by atoms with E-state index in [1.807, 2.05) is 6.92 Å². The van der Waals surface area contributed by atoms with Gasteiger partial charge in [-0.1, -0.05) is 19.1 Å². The number of sulfonamides is 1. The summed E-state index contributed by atoms with van der Waals surface area (Å²) in [6, 6.07) is 5.32. The Balaban J connectivity index is 2.33. The molecule has 0 amide bonds. The summed E-state index contributed by atoms with van der Waals surface area (Å²) < 4.78 is 26.3. The smallest absolute Gasteiger partial charge is 0.243 e. The minimum absolute atomic E-state index is 0.0169. The molecule has 0 spiro atoms. The number of carbonyl (C=O) groups is 1. The molecule has 1 saturated heterocycles. The summed E-state index contributed by atoms with van der Waals surface area (Å²) in [5.41, 5.74) is -0.119. The lowest BCUT2D eigenvalue weighted by atomic mass is 10.0. The third-order valence-corrected chi connectivity index (χ3v) is 5.19. The third-order valence-electron chi connectivity index (χ3n) is 3.33. The minimum atomic E-state index is -3.61. The number of carbonyl (C=O) groups excluding carboxylic acids is 1. The molecule has 0 radical (unpaired) electrons. The number of nitrogens with zero attached hydrogens (tertiary/aromatic N) is 1. The number of carboxylic acid groups (broad SMARTS) is 1. The Morgan fingerprint density at radius 1 is 1.42 bits per heavy atom. The van der Waals surface area contributed by atoms with Crippen LogP contribution in [0.2, 0.25) is 0 Å². The number of aromatic carboxylic acids is 1. The summed E-state index contributed by atoms with van der Waals surface area (Å²) in [6.07, 6.45) is 1.85. The number of benzene rings is 1. The highest BCUT2D eigenvalue weighted by Crippen LogP contribution is 2.23. The van der Waals surface area contributed by atoms with Crippen molar-refractivity contribution in [3.8, 4) is 0 Å². The molecular weight excluding hydrogens is 266 g/mol. The zero-order chi connectivity index (χ0) is 14.0. The number of piperidine rings is 1. The van der Waals surface area contributed by atoms with E-state index in [9.17, 15) is 18.3 Å². The Bertz CT molecular complexity index is 582. The van der Waals surface area contributed by atoms with Crippen LogP contribution >= 0.6 is 0 Å². The van der Waals surface area contributed by atoms with Crippen LogP contribution in [-0.4, -0.2) is 31.8 Å². The van der Waals surface area contributed by atoms with Gasteiger partial charge in [0.05, 0.1) is 10.9 Å². The van der Waals surface area contributed by atoms with Crippen molar-refractivity contribution >= 4 is 16.0 Å². The first-order chi connectivity index (χ1) is 8.91. The van der Waals surface area contributed by atoms with Crippen LogP contribution in [0.4, 0.5) is 0 Å². The van der Waals surface area contributed by atoms with Gasteiger partial charge in [-0.05, 0) is 36.5 Å². The van der Waals surface area contributed by atoms with Crippen molar-refractivity contribution in [2.24, 2.45) is 5.92 Å². The van der Waals surface area contributed by atoms with Gasteiger partial charge in [0, 0.05) is 13.1 Å². The average molecular weight is 282 g/mol. The quantitative estimate of drug-likeness (QED) is 0.807. The lowest BCUT2D eigenvalue weighted by Gasteiger charge is -2.30. The molecule has 6 heteroatoms. The summed E-state index contributed by atoms with van der Waals surface area (Å²) in [4.78, 5) is 10.8. The van der Waals surface area contributed by atoms with Gasteiger partial charge < -0.3 is 9.90 Å². The predicted molar refractivity (Wildman–Crippen MR) is 67.9 cm³/mol. The largest absolute Gasteiger partial charge is 0.545 e. The average Bonchev–Trinajstić information content (AvgIpc) is 2.39. The van der Waals surface area contributed by atoms with E-state index in [1.165, 1.54) is 22.5 Å². The summed E-state index contributed by atoms with van der Waals surface area (Å²) in [5, 5.41) is 10.8. The highest BCUT2D eigenvalue weighted by Gasteiger charge is 2.28. The van der Waals surface area contributed by atoms with Crippen LogP contribution in [0.25, 0.3) is 0 Å². The van der Waals surface area contributed by atoms with E-state index in [2.05, 4.69) is 0 Å². The van der Waals surface area contributed by atoms with Gasteiger partial charge in [-0.3, -0.25) is 0 Å². The first-order valence-electron chi connectivity index (χ1n) is 6.23. The molecule has 0 bridgehead atoms. The summed E-state index contributed by atoms with van der Waals surface area (Å²) in [7, 11) is -3.61. The summed E-state index contributed by atoms with van der Waals surface area (Å²) >= 11 is 0. The molecular formula is C13H16NO4S-. The van der Waals surface area contributed by atoms with Crippen molar-refractivity contribution in [2.45, 2.75) is 24.7 Å². The van der Waals surface area contributed by atoms with Gasteiger partial charge in [0.25, 0.3) is 0 Å². The standard InChI is InChI=1S/C13H17NO4S/c1-10-4-3-7-14(9-10)19(17,18)12-6-2-5-11(8-12)13(15)16/h2,5-6,8,10H,3-4,7,9H2,1H3,(H,15,16)/p-1/t10-/m0/s1. The molecule has 5 nitrogen and oxygen atoms in total. The first kappa shape index (κ1) is 14.0. The van der Waals surface area contributed by atoms with E-state index >= 15 is 0 Å². The monoisotopic (exact) mass is 282 g/mol. The Morgan fingerprint density at radius 2 is 2.16 bits per heavy atom. The fraction of sp³-hybridized carbons (Fsp3) is 0.462. The van der Waals surface area contributed by atoms with Gasteiger partial charge in [0.15, 0.2) is 0 Å². The molecule has 0 aliphatic carbocycles. The maximum absolute atomic E-state index is 12.4. The highest BCUT2D eigenvalue weighted by atomic mass is 32.2. The van der Waals surface area contributed by atoms with Crippen molar-refractivity contribution in [2.75, 3.05) is 13.1 Å². The van der Waals surface area contributed by atoms with Crippen LogP contribution in [0.3, 0.4) is 0 Å². The molecule has 1 heterocycles. The van der Waals surface area contributed by atoms with E-state index in [1.54, 1.807) is 0 Å². The zero-order valence-corrected chi connectivity index (χ0v) is 11.5. The molecule has 0 saturated carbocycles. The van der Waals surface area contributed by atoms with Gasteiger partial charge in [-0.25, -0.2) is 8.42 Å². The molecule has 1 atom stereocenters. The molecule has 19 heavy (non-hydrogen) atoms. The fourth-order valence-corrected chi connectivity index (χ4v) is 3.94. The van der Waals surface area contributed by atoms with Crippen molar-refractivity contribution in [1.82, 2.24) is 4.31 Å². The van der Waals surface area contributed by atoms with Crippen LogP contribution in [0.15, 0.2) is 29.2 Å². The zero-order valence-electron chi connectivity index (χ0n) is 10.7. The Hall–Kier alpha value is -1.40. The second-order valence-corrected chi connectivity index (χ2v) is 6.86. The second kappa shape index (κ2) is 5.30. The molecule has 0 aromatic heterocycles. The second-order valence-electron chi connectivity index (χ2n) is 4.93. The molecule has 0 N–H and O–H groups in total. The molecule has 1 aromatic carbocycles. The van der Waals surface area contributed by atoms with Crippen molar-refractivity contribution < 1.29 is 18.3 Å². The first-order valence-corrected chi connectivity index (χ1v) is 7.67. The Labute approximate surface area is 112 Å². The van der Waals surface area contributed by atoms with Crippen LogP contribution in [0, 0.1) is 5.92 Å². The number of hydrogen-bond donors (Lipinski definition) is 0. The van der Waals surface area contributed by atoms with Crippen LogP contribution in [0.5, 0.6) is 0 Å². The van der Waals surface area contributed by atoms with Crippen LogP contribution in [0.1, 0.15) is 30.1 Å². The van der Waals surface area contributed by atoms with Crippen molar-refractivity contribution in [1.29, 1.82) is 0 Å². The van der Waals surface area contributed by atoms with Crippen LogP contribution < -0.4 is 5.11 Å². The lowest BCUT2D eigenvalue weighted by Crippen LogP contribution is -2.39. The molecule has 104 valence electrons. The number of carboxylic acids is 1. The summed E-state index contributed by atoms with van der Waals surface area (Å²) in [6.45, 7) is 2.99. The molecule has 1 aliphatic heterocycles. The predicted octanol–water partition coefficient (Wildman–Crippen LogP) is 0.471. The molecule has 1 aromatic rings. The molecule has 2 rings (SSSR count). The van der Waals surface area contributed by atoms with Crippen molar-refractivity contribution in [3.63, 3.8) is 0 Å². The summed E-state index contributed by atoms with van der Waals surface area (Å²) in [5.74, 6) is -1.04. The van der Waals surface area contributed by atoms with E-state index in [0.29, 0.717) is 19.0 Å². The van der Waals surface area contributed by atoms with E-state index < -0.39 is 16.0 Å². The molecule has 1 fully saturated rings. The number of rotatable bonds is 3. The van der Waals surface area contributed by atoms with E-state index in [-0.39, 0.29) is 10.5 Å². The maximum Gasteiger partial charge on any atom is 0.243 e. The van der Waals surface area contributed by atoms with Gasteiger partial charge in [0.2, 0.25) is 10.0 Å². The fourth-order valence-electron chi connectivity index (χ4n) is 2.30. The topological polar surface area (TPSA) is 77.5 Å². The van der Waals surface area contributed by atoms with Crippen molar-refractivity contribution in [3.05, 3.63) is 29.8 Å². The SMILES string of the molecule is C[C@H]1CCCN(S(=O)(=O)c2cccc(C(=O)[O-])c2)C1. The van der Waals surface area contributed by atoms with Gasteiger partial charge in [-0.15, -0.1) is 0 Å². The van der Waals surface area contributed by atoms with Gasteiger partial charge in [-0.2, -0.15) is 4.31 Å².